The molecule has 10 atom stereocenters. The lowest BCUT2D eigenvalue weighted by molar-refractivity contribution is -0.185. The van der Waals surface area contributed by atoms with E-state index >= 15 is 0 Å². The van der Waals surface area contributed by atoms with Gasteiger partial charge in [-0.05, 0) is 185 Å². The standard InChI is InChI=1S/C40H76O4S3/c1-45(2,20-7-19-41-29-37-30-42-37)23-16-33-10-8-31(14-21-46(3,4)22-15-32-9-13-38-40(27-32)44-38)26-35(33)18-25-47(5,6)24-17-34-11-12-36-28-39(34)43-36/h31-40H,7-30H2,1-6H3. The molecule has 0 aromatic rings. The van der Waals surface area contributed by atoms with Gasteiger partial charge in [-0.25, -0.2) is 30.1 Å². The summed E-state index contributed by atoms with van der Waals surface area (Å²) in [5.74, 6) is 13.5. The Morgan fingerprint density at radius 1 is 0.532 bits per heavy atom. The van der Waals surface area contributed by atoms with Gasteiger partial charge in [0, 0.05) is 13.0 Å². The van der Waals surface area contributed by atoms with E-state index in [1.54, 1.807) is 0 Å². The van der Waals surface area contributed by atoms with Crippen LogP contribution in [0.15, 0.2) is 0 Å². The zero-order valence-electron chi connectivity index (χ0n) is 31.6. The third-order valence-electron chi connectivity index (χ3n) is 13.6. The predicted molar refractivity (Wildman–Crippen MR) is 212 cm³/mol. The summed E-state index contributed by atoms with van der Waals surface area (Å²) in [6.07, 6.45) is 40.3. The maximum absolute atomic E-state index is 6.13. The highest BCUT2D eigenvalue weighted by Crippen LogP contribution is 2.52. The van der Waals surface area contributed by atoms with Crippen LogP contribution in [0.5, 0.6) is 0 Å². The largest absolute Gasteiger partial charge is 0.379 e. The molecule has 0 amide bonds. The molecule has 4 saturated heterocycles. The van der Waals surface area contributed by atoms with Gasteiger partial charge in [0.15, 0.2) is 0 Å². The van der Waals surface area contributed by atoms with Gasteiger partial charge in [-0.1, -0.05) is 6.42 Å². The van der Waals surface area contributed by atoms with Crippen molar-refractivity contribution in [3.8, 4) is 0 Å². The highest BCUT2D eigenvalue weighted by Gasteiger charge is 2.44. The molecule has 7 heteroatoms. The van der Waals surface area contributed by atoms with Gasteiger partial charge in [0.25, 0.3) is 0 Å². The van der Waals surface area contributed by atoms with Gasteiger partial charge in [0.2, 0.25) is 0 Å². The Morgan fingerprint density at radius 3 is 1.74 bits per heavy atom. The zero-order chi connectivity index (χ0) is 33.1. The Kier molecular flexibility index (Phi) is 13.4. The number of rotatable bonds is 21. The topological polar surface area (TPSA) is 43.5 Å². The molecule has 3 aliphatic carbocycles. The fourth-order valence-corrected chi connectivity index (χ4v) is 16.0. The van der Waals surface area contributed by atoms with E-state index in [9.17, 15) is 0 Å². The number of hydrogen-bond acceptors (Lipinski definition) is 4. The lowest BCUT2D eigenvalue weighted by Gasteiger charge is -2.48. The summed E-state index contributed by atoms with van der Waals surface area (Å²) < 4.78 is 23.2. The lowest BCUT2D eigenvalue weighted by Crippen LogP contribution is -2.47. The molecule has 47 heavy (non-hydrogen) atoms. The van der Waals surface area contributed by atoms with E-state index in [0.717, 1.165) is 49.4 Å². The summed E-state index contributed by atoms with van der Waals surface area (Å²) in [4.78, 5) is 0. The summed E-state index contributed by atoms with van der Waals surface area (Å²) in [6, 6.07) is 0. The minimum atomic E-state index is -0.537. The third-order valence-corrected chi connectivity index (χ3v) is 21.7. The quantitative estimate of drug-likeness (QED) is 0.0879. The third kappa shape index (κ3) is 12.2. The smallest absolute Gasteiger partial charge is 0.104 e. The molecule has 0 spiro atoms. The average molecular weight is 717 g/mol. The van der Waals surface area contributed by atoms with E-state index < -0.39 is 30.1 Å². The Hall–Kier alpha value is 0.890. The summed E-state index contributed by atoms with van der Waals surface area (Å²) >= 11 is 0. The van der Waals surface area contributed by atoms with Crippen molar-refractivity contribution in [2.45, 2.75) is 127 Å². The van der Waals surface area contributed by atoms with Crippen molar-refractivity contribution in [3.63, 3.8) is 0 Å². The molecule has 0 N–H and O–H groups in total. The minimum absolute atomic E-state index is 0.399. The van der Waals surface area contributed by atoms with E-state index in [0.29, 0.717) is 30.5 Å². The van der Waals surface area contributed by atoms with Crippen molar-refractivity contribution in [2.75, 3.05) is 91.9 Å². The Morgan fingerprint density at radius 2 is 1.11 bits per heavy atom. The number of fused-ring (bicyclic) bond motifs is 3. The van der Waals surface area contributed by atoms with Crippen molar-refractivity contribution >= 4 is 30.1 Å². The SMILES string of the molecule is CS(C)(CCC1CCC(CCS(C)(C)CCCOCC2CO2)C(CCS(C)(C)CCC2CCC3CC2O3)C1)CCC1CCC2OC2C1. The summed E-state index contributed by atoms with van der Waals surface area (Å²) in [6.45, 7) is 2.64. The van der Waals surface area contributed by atoms with E-state index in [1.165, 1.54) is 131 Å². The second kappa shape index (κ2) is 16.7. The normalized spacial score (nSPS) is 37.9. The van der Waals surface area contributed by atoms with Crippen molar-refractivity contribution in [3.05, 3.63) is 0 Å². The number of ether oxygens (including phenoxy) is 4. The van der Waals surface area contributed by atoms with Crippen LogP contribution in [0.1, 0.15) is 96.3 Å². The summed E-state index contributed by atoms with van der Waals surface area (Å²) in [5.41, 5.74) is 0. The van der Waals surface area contributed by atoms with Crippen LogP contribution < -0.4 is 0 Å². The van der Waals surface area contributed by atoms with Gasteiger partial charge in [0.05, 0.1) is 37.6 Å². The second-order valence-electron chi connectivity index (χ2n) is 18.8. The van der Waals surface area contributed by atoms with E-state index in [2.05, 4.69) is 37.5 Å². The fourth-order valence-electron chi connectivity index (χ4n) is 9.69. The monoisotopic (exact) mass is 716 g/mol. The first-order valence-corrected chi connectivity index (χ1v) is 28.3. The lowest BCUT2D eigenvalue weighted by atomic mass is 9.71. The molecule has 0 aromatic heterocycles. The Labute approximate surface area is 296 Å². The molecular formula is C40H76O4S3. The first kappa shape index (κ1) is 37.6. The van der Waals surface area contributed by atoms with Crippen LogP contribution in [0.3, 0.4) is 0 Å². The molecule has 4 aliphatic heterocycles. The molecule has 4 nitrogen and oxygen atoms in total. The van der Waals surface area contributed by atoms with Crippen molar-refractivity contribution < 1.29 is 18.9 Å². The fraction of sp³-hybridized carbons (Fsp3) is 1.00. The van der Waals surface area contributed by atoms with Crippen LogP contribution in [-0.2, 0) is 18.9 Å². The first-order valence-electron chi connectivity index (χ1n) is 20.0. The van der Waals surface area contributed by atoms with Gasteiger partial charge < -0.3 is 18.9 Å². The molecular weight excluding hydrogens is 641 g/mol. The van der Waals surface area contributed by atoms with Crippen molar-refractivity contribution in [2.24, 2.45) is 29.6 Å². The average Bonchev–Trinajstić information content (AvgIpc) is 3.96. The maximum Gasteiger partial charge on any atom is 0.104 e. The molecule has 7 aliphatic rings. The van der Waals surface area contributed by atoms with Gasteiger partial charge in [-0.15, -0.1) is 0 Å². The van der Waals surface area contributed by atoms with E-state index in [4.69, 9.17) is 18.9 Å². The Bertz CT molecular complexity index is 960. The molecule has 10 unspecified atom stereocenters. The number of hydrogen-bond donors (Lipinski definition) is 0. The molecule has 0 aromatic carbocycles. The number of epoxide rings is 2. The molecule has 7 fully saturated rings. The molecule has 2 bridgehead atoms. The van der Waals surface area contributed by atoms with Crippen LogP contribution in [0.4, 0.5) is 0 Å². The second-order valence-corrected chi connectivity index (χ2v) is 31.9. The molecule has 3 saturated carbocycles. The predicted octanol–water partition coefficient (Wildman–Crippen LogP) is 9.10. The van der Waals surface area contributed by atoms with Gasteiger partial charge in [-0.3, -0.25) is 0 Å². The summed E-state index contributed by atoms with van der Waals surface area (Å²) in [7, 11) is -1.54. The molecule has 0 radical (unpaired) electrons. The molecule has 4 heterocycles. The minimum Gasteiger partial charge on any atom is -0.379 e. The van der Waals surface area contributed by atoms with Gasteiger partial charge in [-0.2, -0.15) is 0 Å². The van der Waals surface area contributed by atoms with E-state index in [1.807, 2.05) is 0 Å². The van der Waals surface area contributed by atoms with Crippen molar-refractivity contribution in [1.29, 1.82) is 0 Å². The van der Waals surface area contributed by atoms with Gasteiger partial charge in [0.1, 0.15) is 6.10 Å². The van der Waals surface area contributed by atoms with Crippen LogP contribution in [0.25, 0.3) is 0 Å². The molecule has 278 valence electrons. The van der Waals surface area contributed by atoms with Crippen LogP contribution in [0.2, 0.25) is 0 Å². The highest BCUT2D eigenvalue weighted by molar-refractivity contribution is 8.33. The van der Waals surface area contributed by atoms with Crippen molar-refractivity contribution in [1.82, 2.24) is 0 Å². The van der Waals surface area contributed by atoms with Crippen LogP contribution >= 0.6 is 30.1 Å². The van der Waals surface area contributed by atoms with E-state index in [-0.39, 0.29) is 0 Å². The Balaban J connectivity index is 0.959. The van der Waals surface area contributed by atoms with Gasteiger partial charge >= 0.3 is 0 Å². The zero-order valence-corrected chi connectivity index (χ0v) is 34.1. The maximum atomic E-state index is 6.13. The van der Waals surface area contributed by atoms with Crippen LogP contribution in [0, 0.1) is 29.6 Å². The molecule has 7 rings (SSSR count). The van der Waals surface area contributed by atoms with Crippen LogP contribution in [-0.4, -0.2) is 122 Å². The highest BCUT2D eigenvalue weighted by atomic mass is 32.3. The summed E-state index contributed by atoms with van der Waals surface area (Å²) in [5, 5.41) is 0. The first-order chi connectivity index (χ1) is 22.4.